The van der Waals surface area contributed by atoms with Crippen molar-refractivity contribution in [2.45, 2.75) is 20.8 Å². The van der Waals surface area contributed by atoms with Crippen molar-refractivity contribution in [2.75, 3.05) is 0 Å². The normalized spacial score (nSPS) is 15.3. The van der Waals surface area contributed by atoms with Crippen molar-refractivity contribution in [3.05, 3.63) is 168 Å². The molecule has 0 amide bonds. The van der Waals surface area contributed by atoms with Crippen LogP contribution in [0.5, 0.6) is 23.1 Å². The molecule has 2 aliphatic heterocycles. The minimum absolute atomic E-state index is 0.568. The third-order valence-electron chi connectivity index (χ3n) is 10.5. The third kappa shape index (κ3) is 4.51. The predicted octanol–water partition coefficient (Wildman–Crippen LogP) is 11.4. The summed E-state index contributed by atoms with van der Waals surface area (Å²) in [5, 5.41) is 2.88. The first kappa shape index (κ1) is 30.7. The first-order valence-corrected chi connectivity index (χ1v) is 19.3. The van der Waals surface area contributed by atoms with Crippen molar-refractivity contribution in [1.29, 1.82) is 0 Å². The van der Waals surface area contributed by atoms with Gasteiger partial charge in [-0.2, -0.15) is 0 Å². The molecule has 4 nitrogen and oxygen atoms in total. The molecule has 1 aromatic heterocycles. The number of rotatable bonds is 4. The number of aromatic nitrogens is 1. The Morgan fingerprint density at radius 3 is 1.67 bits per heavy atom. The molecule has 0 saturated carbocycles. The van der Waals surface area contributed by atoms with Crippen LogP contribution in [0, 0.1) is 20.8 Å². The fourth-order valence-electron chi connectivity index (χ4n) is 7.79. The SMILES string of the molecule is Cc1ccc(-c2ccc3c(c2)Oc2c(-c4ccc(C)cc4)cc(-c4ccc(C)cc4)c4c2P3(=O)c2c(n(-c3ccccc3)c3ccccc23)O4)cc1. The van der Waals surface area contributed by atoms with Crippen LogP contribution in [0.25, 0.3) is 50.0 Å². The Morgan fingerprint density at radius 2 is 1.04 bits per heavy atom. The van der Waals surface area contributed by atoms with Gasteiger partial charge in [-0.15, -0.1) is 0 Å². The average Bonchev–Trinajstić information content (AvgIpc) is 3.51. The summed E-state index contributed by atoms with van der Waals surface area (Å²) in [5.74, 6) is 2.31. The van der Waals surface area contributed by atoms with Gasteiger partial charge >= 0.3 is 0 Å². The lowest BCUT2D eigenvalue weighted by molar-refractivity contribution is 0.448. The second kappa shape index (κ2) is 11.5. The second-order valence-electron chi connectivity index (χ2n) is 13.9. The number of hydrogen-bond donors (Lipinski definition) is 0. The molecule has 10 rings (SSSR count). The van der Waals surface area contributed by atoms with Gasteiger partial charge in [-0.25, -0.2) is 0 Å². The molecule has 0 saturated heterocycles. The molecule has 8 aromatic rings. The third-order valence-corrected chi connectivity index (χ3v) is 13.6. The Kier molecular flexibility index (Phi) is 6.77. The van der Waals surface area contributed by atoms with E-state index in [1.54, 1.807) is 0 Å². The molecule has 0 N–H and O–H groups in total. The van der Waals surface area contributed by atoms with Gasteiger partial charge in [0, 0.05) is 22.2 Å². The number of aryl methyl sites for hydroxylation is 3. The Hall–Kier alpha value is -6.09. The molecule has 7 aromatic carbocycles. The monoisotopic (exact) mass is 691 g/mol. The number of ether oxygens (including phenoxy) is 2. The van der Waals surface area contributed by atoms with Crippen LogP contribution in [0.2, 0.25) is 0 Å². The molecule has 5 heteroatoms. The van der Waals surface area contributed by atoms with Crippen LogP contribution in [0.15, 0.2) is 152 Å². The highest BCUT2D eigenvalue weighted by atomic mass is 31.2. The van der Waals surface area contributed by atoms with Crippen LogP contribution in [-0.4, -0.2) is 4.57 Å². The van der Waals surface area contributed by atoms with Gasteiger partial charge in [0.25, 0.3) is 0 Å². The summed E-state index contributed by atoms with van der Waals surface area (Å²) in [6.07, 6.45) is 0. The smallest absolute Gasteiger partial charge is 0.217 e. The molecule has 0 spiro atoms. The molecular weight excluding hydrogens is 657 g/mol. The Morgan fingerprint density at radius 1 is 0.500 bits per heavy atom. The fourth-order valence-corrected chi connectivity index (χ4v) is 11.1. The highest BCUT2D eigenvalue weighted by Crippen LogP contribution is 2.63. The summed E-state index contributed by atoms with van der Waals surface area (Å²) in [5.41, 5.74) is 11.2. The largest absolute Gasteiger partial charge is 0.455 e. The molecule has 52 heavy (non-hydrogen) atoms. The Labute approximate surface area is 302 Å². The van der Waals surface area contributed by atoms with Crippen molar-refractivity contribution in [3.63, 3.8) is 0 Å². The molecular formula is C47H34NO3P. The number of hydrogen-bond acceptors (Lipinski definition) is 3. The quantitative estimate of drug-likeness (QED) is 0.173. The molecule has 0 aliphatic carbocycles. The topological polar surface area (TPSA) is 40.5 Å². The highest BCUT2D eigenvalue weighted by molar-refractivity contribution is 7.86. The number of benzene rings is 7. The van der Waals surface area contributed by atoms with Crippen LogP contribution in [0.1, 0.15) is 16.7 Å². The van der Waals surface area contributed by atoms with E-state index in [0.717, 1.165) is 61.1 Å². The molecule has 0 fully saturated rings. The first-order valence-electron chi connectivity index (χ1n) is 17.6. The Balaban J connectivity index is 1.35. The van der Waals surface area contributed by atoms with Crippen molar-refractivity contribution in [2.24, 2.45) is 0 Å². The van der Waals surface area contributed by atoms with E-state index in [0.29, 0.717) is 39.0 Å². The maximum Gasteiger partial charge on any atom is 0.217 e. The molecule has 0 bridgehead atoms. The molecule has 1 atom stereocenters. The van der Waals surface area contributed by atoms with Crippen molar-refractivity contribution in [1.82, 2.24) is 4.57 Å². The van der Waals surface area contributed by atoms with E-state index in [-0.39, 0.29) is 0 Å². The molecule has 3 heterocycles. The lowest BCUT2D eigenvalue weighted by Gasteiger charge is -2.36. The van der Waals surface area contributed by atoms with Gasteiger partial charge in [0.2, 0.25) is 5.88 Å². The van der Waals surface area contributed by atoms with Gasteiger partial charge in [0.05, 0.1) is 16.1 Å². The summed E-state index contributed by atoms with van der Waals surface area (Å²) in [4.78, 5) is 0. The maximum absolute atomic E-state index is 17.0. The summed E-state index contributed by atoms with van der Waals surface area (Å²) >= 11 is 0. The van der Waals surface area contributed by atoms with E-state index in [2.05, 4.69) is 141 Å². The van der Waals surface area contributed by atoms with E-state index in [1.807, 2.05) is 36.4 Å². The number of nitrogens with zero attached hydrogens (tertiary/aromatic N) is 1. The van der Waals surface area contributed by atoms with E-state index >= 15 is 4.57 Å². The van der Waals surface area contributed by atoms with Gasteiger partial charge in [-0.1, -0.05) is 132 Å². The van der Waals surface area contributed by atoms with E-state index in [9.17, 15) is 0 Å². The van der Waals surface area contributed by atoms with Crippen LogP contribution in [-0.2, 0) is 4.57 Å². The van der Waals surface area contributed by atoms with Crippen molar-refractivity contribution in [3.8, 4) is 62.2 Å². The van der Waals surface area contributed by atoms with Gasteiger partial charge < -0.3 is 14.0 Å². The number of fused-ring (bicyclic) bond motifs is 6. The minimum atomic E-state index is -3.66. The predicted molar refractivity (Wildman–Crippen MR) is 213 cm³/mol. The minimum Gasteiger partial charge on any atom is -0.455 e. The van der Waals surface area contributed by atoms with Crippen LogP contribution < -0.4 is 25.4 Å². The summed E-state index contributed by atoms with van der Waals surface area (Å²) in [6.45, 7) is 6.26. The van der Waals surface area contributed by atoms with E-state index in [1.165, 1.54) is 5.56 Å². The maximum atomic E-state index is 17.0. The van der Waals surface area contributed by atoms with Crippen LogP contribution >= 0.6 is 7.14 Å². The zero-order valence-corrected chi connectivity index (χ0v) is 29.9. The van der Waals surface area contributed by atoms with E-state index in [4.69, 9.17) is 9.47 Å². The summed E-state index contributed by atoms with van der Waals surface area (Å²) in [7, 11) is -3.66. The van der Waals surface area contributed by atoms with Crippen molar-refractivity contribution < 1.29 is 14.0 Å². The highest BCUT2D eigenvalue weighted by Gasteiger charge is 2.51. The van der Waals surface area contributed by atoms with Crippen molar-refractivity contribution >= 4 is 34.0 Å². The molecule has 2 aliphatic rings. The lowest BCUT2D eigenvalue weighted by Crippen LogP contribution is -2.35. The lowest BCUT2D eigenvalue weighted by atomic mass is 9.95. The van der Waals surface area contributed by atoms with E-state index < -0.39 is 7.14 Å². The summed E-state index contributed by atoms with van der Waals surface area (Å²) < 4.78 is 33.4. The van der Waals surface area contributed by atoms with Gasteiger partial charge in [-0.05, 0) is 79.4 Å². The number of para-hydroxylation sites is 2. The summed E-state index contributed by atoms with van der Waals surface area (Å²) in [6, 6.07) is 52.1. The standard InChI is InChI=1S/C47H34NO3P/c1-29-13-19-32(20-14-29)35-25-26-42-41(27-35)50-43-38(33-21-15-30(2)16-22-33)28-39(34-23-17-31(3)18-24-34)44-46(43)52(42,49)45-37-11-7-8-12-40(37)48(47(45)51-44)36-9-5-4-6-10-36/h4-28H,1-3H3. The Bertz CT molecular complexity index is 2760. The molecule has 1 unspecified atom stereocenters. The zero-order valence-electron chi connectivity index (χ0n) is 29.1. The second-order valence-corrected chi connectivity index (χ2v) is 16.5. The first-order chi connectivity index (χ1) is 25.4. The van der Waals surface area contributed by atoms with Crippen LogP contribution in [0.3, 0.4) is 0 Å². The van der Waals surface area contributed by atoms with Gasteiger partial charge in [0.1, 0.15) is 16.8 Å². The zero-order chi connectivity index (χ0) is 35.1. The average molecular weight is 692 g/mol. The molecule has 0 radical (unpaired) electrons. The van der Waals surface area contributed by atoms with Gasteiger partial charge in [-0.3, -0.25) is 4.57 Å². The van der Waals surface area contributed by atoms with Crippen LogP contribution in [0.4, 0.5) is 0 Å². The fraction of sp³-hybridized carbons (Fsp3) is 0.0638. The van der Waals surface area contributed by atoms with Gasteiger partial charge in [0.15, 0.2) is 12.9 Å². The molecule has 250 valence electrons.